The van der Waals surface area contributed by atoms with Crippen LogP contribution < -0.4 is 9.08 Å². The van der Waals surface area contributed by atoms with Crippen molar-refractivity contribution < 1.29 is 34.4 Å². The van der Waals surface area contributed by atoms with E-state index in [1.165, 1.54) is 6.92 Å². The van der Waals surface area contributed by atoms with Gasteiger partial charge in [-0.3, -0.25) is 0 Å². The van der Waals surface area contributed by atoms with E-state index in [1.54, 1.807) is 39.5 Å². The number of rotatable bonds is 5. The lowest BCUT2D eigenvalue weighted by molar-refractivity contribution is 0.0240. The number of amides is 1. The topological polar surface area (TPSA) is 110 Å². The maximum absolute atomic E-state index is 13.4. The normalized spacial score (nSPS) is 15.6. The summed E-state index contributed by atoms with van der Waals surface area (Å²) in [5.74, 6) is -0.863. The van der Waals surface area contributed by atoms with Crippen molar-refractivity contribution in [1.29, 1.82) is 0 Å². The lowest BCUT2D eigenvalue weighted by Gasteiger charge is -2.38. The molecule has 1 saturated heterocycles. The molecule has 0 spiro atoms. The molecule has 182 valence electrons. The molecule has 1 heterocycles. The van der Waals surface area contributed by atoms with Gasteiger partial charge in [-0.05, 0) is 58.2 Å². The number of hydrogen-bond donors (Lipinski definition) is 0. The molecule has 1 aromatic carbocycles. The highest BCUT2D eigenvalue weighted by Crippen LogP contribution is 2.40. The third kappa shape index (κ3) is 6.85. The molecule has 13 heteroatoms. The maximum Gasteiger partial charge on any atom is 0.488 e. The highest BCUT2D eigenvalue weighted by atomic mass is 35.7. The van der Waals surface area contributed by atoms with E-state index in [4.69, 9.17) is 15.4 Å². The van der Waals surface area contributed by atoms with Crippen LogP contribution in [0.3, 0.4) is 0 Å². The van der Waals surface area contributed by atoms with Crippen LogP contribution in [0.1, 0.15) is 43.0 Å². The first kappa shape index (κ1) is 26.5. The van der Waals surface area contributed by atoms with Crippen molar-refractivity contribution in [1.82, 2.24) is 4.90 Å². The second kappa shape index (κ2) is 9.22. The largest absolute Gasteiger partial charge is 0.488 e. The molecule has 0 bridgehead atoms. The van der Waals surface area contributed by atoms with Gasteiger partial charge in [0.05, 0.1) is 5.75 Å². The molecular formula is C19H28ClFN2O7S2. The smallest absolute Gasteiger partial charge is 0.444 e. The highest BCUT2D eigenvalue weighted by molar-refractivity contribution is 8.13. The highest BCUT2D eigenvalue weighted by Gasteiger charge is 2.30. The quantitative estimate of drug-likeness (QED) is 0.550. The molecule has 0 radical (unpaired) electrons. The summed E-state index contributed by atoms with van der Waals surface area (Å²) < 4.78 is 69.3. The number of carbonyl (C=O) groups excluding carboxylic acids is 1. The SMILES string of the molecule is Cc1c(CS(=O)(=O)Cl)c(C)c(N2CCN(C(=O)OC(C)(C)C)CC2)c(C)c1OS(=O)(=O)F. The van der Waals surface area contributed by atoms with Crippen LogP contribution in [0.4, 0.5) is 14.4 Å². The number of nitrogens with zero attached hydrogens (tertiary/aromatic N) is 2. The molecular weight excluding hydrogens is 487 g/mol. The van der Waals surface area contributed by atoms with E-state index in [1.807, 2.05) is 4.90 Å². The average molecular weight is 515 g/mol. The van der Waals surface area contributed by atoms with Gasteiger partial charge >= 0.3 is 16.6 Å². The Kier molecular flexibility index (Phi) is 7.62. The number of carbonyl (C=O) groups is 1. The summed E-state index contributed by atoms with van der Waals surface area (Å²) in [4.78, 5) is 15.8. The zero-order chi connectivity index (χ0) is 24.6. The van der Waals surface area contributed by atoms with Crippen molar-refractivity contribution in [3.8, 4) is 5.75 Å². The zero-order valence-electron chi connectivity index (χ0n) is 18.9. The van der Waals surface area contributed by atoms with Crippen LogP contribution in [0, 0.1) is 20.8 Å². The maximum atomic E-state index is 13.4. The second-order valence-electron chi connectivity index (χ2n) is 8.65. The first-order valence-corrected chi connectivity index (χ1v) is 13.6. The van der Waals surface area contributed by atoms with Crippen LogP contribution in [0.5, 0.6) is 5.75 Å². The number of benzene rings is 1. The summed E-state index contributed by atoms with van der Waals surface area (Å²) in [7, 11) is -3.90. The second-order valence-corrected chi connectivity index (χ2v) is 12.4. The summed E-state index contributed by atoms with van der Waals surface area (Å²) in [5.41, 5.74) is 1.16. The van der Waals surface area contributed by atoms with Gasteiger partial charge in [-0.25, -0.2) is 13.2 Å². The summed E-state index contributed by atoms with van der Waals surface area (Å²) >= 11 is 0. The standard InChI is InChI=1S/C19H28ClFN2O7S2/c1-12-15(11-31(20,25)26)13(2)17(30-32(21,27)28)14(3)16(12)22-7-9-23(10-8-22)18(24)29-19(4,5)6/h7-11H2,1-6H3. The van der Waals surface area contributed by atoms with E-state index in [9.17, 15) is 25.5 Å². The Balaban J connectivity index is 2.46. The molecule has 1 aliphatic rings. The molecule has 1 amide bonds. The third-order valence-corrected chi connectivity index (χ3v) is 6.37. The molecule has 1 fully saturated rings. The van der Waals surface area contributed by atoms with Crippen LogP contribution in [-0.4, -0.2) is 59.6 Å². The van der Waals surface area contributed by atoms with Crippen LogP contribution in [0.2, 0.25) is 0 Å². The van der Waals surface area contributed by atoms with Crippen molar-refractivity contribution in [2.75, 3.05) is 31.1 Å². The summed E-state index contributed by atoms with van der Waals surface area (Å²) in [5, 5.41) is 0. The fourth-order valence-electron chi connectivity index (χ4n) is 3.76. The Bertz CT molecular complexity index is 1050. The van der Waals surface area contributed by atoms with Gasteiger partial charge in [-0.2, -0.15) is 8.42 Å². The fourth-order valence-corrected chi connectivity index (χ4v) is 5.31. The van der Waals surface area contributed by atoms with E-state index in [2.05, 4.69) is 4.18 Å². The average Bonchev–Trinajstić information content (AvgIpc) is 2.60. The van der Waals surface area contributed by atoms with Gasteiger partial charge in [-0.15, -0.1) is 0 Å². The minimum atomic E-state index is -5.35. The van der Waals surface area contributed by atoms with Gasteiger partial charge in [0.25, 0.3) is 0 Å². The van der Waals surface area contributed by atoms with Gasteiger partial charge in [0.2, 0.25) is 9.05 Å². The number of ether oxygens (including phenoxy) is 1. The summed E-state index contributed by atoms with van der Waals surface area (Å²) in [6, 6.07) is 0. The first-order valence-electron chi connectivity index (χ1n) is 9.81. The van der Waals surface area contributed by atoms with Crippen molar-refractivity contribution in [3.63, 3.8) is 0 Å². The van der Waals surface area contributed by atoms with Crippen LogP contribution in [-0.2, 0) is 30.0 Å². The molecule has 0 atom stereocenters. The molecule has 1 aromatic rings. The van der Waals surface area contributed by atoms with E-state index >= 15 is 0 Å². The number of halogens is 2. The molecule has 9 nitrogen and oxygen atoms in total. The van der Waals surface area contributed by atoms with Gasteiger partial charge in [0.1, 0.15) is 5.60 Å². The first-order chi connectivity index (χ1) is 14.4. The van der Waals surface area contributed by atoms with Gasteiger partial charge in [0.15, 0.2) is 5.75 Å². The van der Waals surface area contributed by atoms with Crippen LogP contribution >= 0.6 is 10.7 Å². The van der Waals surface area contributed by atoms with Crippen molar-refractivity contribution >= 4 is 42.0 Å². The minimum Gasteiger partial charge on any atom is -0.444 e. The van der Waals surface area contributed by atoms with Crippen molar-refractivity contribution in [3.05, 3.63) is 22.3 Å². The van der Waals surface area contributed by atoms with E-state index in [-0.39, 0.29) is 16.9 Å². The van der Waals surface area contributed by atoms with Gasteiger partial charge in [-0.1, -0.05) is 3.89 Å². The number of hydrogen-bond acceptors (Lipinski definition) is 8. The fraction of sp³-hybridized carbons (Fsp3) is 0.632. The number of piperazine rings is 1. The van der Waals surface area contributed by atoms with Crippen molar-refractivity contribution in [2.24, 2.45) is 0 Å². The van der Waals surface area contributed by atoms with Crippen LogP contribution in [0.15, 0.2) is 0 Å². The number of anilines is 1. The predicted molar refractivity (Wildman–Crippen MR) is 120 cm³/mol. The molecule has 2 rings (SSSR count). The Labute approximate surface area is 193 Å². The predicted octanol–water partition coefficient (Wildman–Crippen LogP) is 3.33. The summed E-state index contributed by atoms with van der Waals surface area (Å²) in [6.07, 6.45) is -0.448. The molecule has 0 aliphatic carbocycles. The Hall–Kier alpha value is -1.79. The molecule has 0 aromatic heterocycles. The Morgan fingerprint density at radius 1 is 1.00 bits per heavy atom. The van der Waals surface area contributed by atoms with E-state index in [0.717, 1.165) is 0 Å². The Morgan fingerprint density at radius 2 is 1.53 bits per heavy atom. The van der Waals surface area contributed by atoms with E-state index < -0.39 is 37.0 Å². The molecule has 1 aliphatic heterocycles. The van der Waals surface area contributed by atoms with Crippen LogP contribution in [0.25, 0.3) is 0 Å². The Morgan fingerprint density at radius 3 is 1.97 bits per heavy atom. The molecule has 32 heavy (non-hydrogen) atoms. The lowest BCUT2D eigenvalue weighted by Crippen LogP contribution is -2.50. The lowest BCUT2D eigenvalue weighted by atomic mass is 9.95. The molecule has 0 N–H and O–H groups in total. The monoisotopic (exact) mass is 514 g/mol. The minimum absolute atomic E-state index is 0.168. The summed E-state index contributed by atoms with van der Waals surface area (Å²) in [6.45, 7) is 11.4. The molecule has 0 saturated carbocycles. The molecule has 0 unspecified atom stereocenters. The van der Waals surface area contributed by atoms with Gasteiger partial charge in [0, 0.05) is 48.1 Å². The van der Waals surface area contributed by atoms with Gasteiger partial charge < -0.3 is 18.7 Å². The van der Waals surface area contributed by atoms with Crippen molar-refractivity contribution in [2.45, 2.75) is 52.9 Å². The zero-order valence-corrected chi connectivity index (χ0v) is 21.2. The van der Waals surface area contributed by atoms with E-state index in [0.29, 0.717) is 43.0 Å². The third-order valence-electron chi connectivity index (χ3n) is 5.04.